The maximum atomic E-state index is 12.2. The van der Waals surface area contributed by atoms with Crippen LogP contribution in [0.4, 0.5) is 0 Å². The number of aromatic amines is 1. The minimum absolute atomic E-state index is 0.0473. The van der Waals surface area contributed by atoms with Crippen LogP contribution in [0.15, 0.2) is 46.0 Å². The SMILES string of the molecule is CCCCCCCCCC=CC(=O)NC1=COC(CC(O)C2OC(n3ccc(=O)[nH]c3=O)C(O)C2O)C(O)C1O. The highest BCUT2D eigenvalue weighted by Crippen LogP contribution is 2.32. The molecule has 8 unspecified atom stereocenters. The van der Waals surface area contributed by atoms with E-state index in [4.69, 9.17) is 9.47 Å². The van der Waals surface area contributed by atoms with E-state index >= 15 is 0 Å². The van der Waals surface area contributed by atoms with Crippen molar-refractivity contribution in [1.29, 1.82) is 0 Å². The molecule has 1 aromatic rings. The number of aromatic nitrogens is 2. The molecule has 224 valence electrons. The van der Waals surface area contributed by atoms with Crippen LogP contribution >= 0.6 is 0 Å². The van der Waals surface area contributed by atoms with E-state index < -0.39 is 66.1 Å². The fourth-order valence-corrected chi connectivity index (χ4v) is 4.82. The highest BCUT2D eigenvalue weighted by atomic mass is 16.6. The molecule has 0 bridgehead atoms. The van der Waals surface area contributed by atoms with E-state index in [-0.39, 0.29) is 12.1 Å². The van der Waals surface area contributed by atoms with Gasteiger partial charge in [0.15, 0.2) is 6.23 Å². The van der Waals surface area contributed by atoms with E-state index in [2.05, 4.69) is 12.2 Å². The van der Waals surface area contributed by atoms with Crippen molar-refractivity contribution in [2.24, 2.45) is 0 Å². The zero-order chi connectivity index (χ0) is 29.2. The molecule has 40 heavy (non-hydrogen) atoms. The minimum Gasteiger partial charge on any atom is -0.493 e. The van der Waals surface area contributed by atoms with Gasteiger partial charge in [0.05, 0.1) is 11.8 Å². The number of nitrogens with zero attached hydrogens (tertiary/aromatic N) is 1. The molecule has 2 aliphatic heterocycles. The molecule has 2 aliphatic rings. The molecule has 13 heteroatoms. The number of carbonyl (C=O) groups excluding carboxylic acids is 1. The predicted molar refractivity (Wildman–Crippen MR) is 143 cm³/mol. The van der Waals surface area contributed by atoms with Crippen LogP contribution in [0.25, 0.3) is 0 Å². The topological polar surface area (TPSA) is 204 Å². The van der Waals surface area contributed by atoms with E-state index in [1.807, 2.05) is 4.98 Å². The largest absolute Gasteiger partial charge is 0.493 e. The average Bonchev–Trinajstić information content (AvgIpc) is 3.21. The van der Waals surface area contributed by atoms with Crippen molar-refractivity contribution in [3.05, 3.63) is 57.2 Å². The number of nitrogens with one attached hydrogen (secondary N) is 2. The Hall–Kier alpha value is -2.81. The Morgan fingerprint density at radius 2 is 1.77 bits per heavy atom. The third kappa shape index (κ3) is 8.35. The van der Waals surface area contributed by atoms with Gasteiger partial charge in [0, 0.05) is 18.7 Å². The Bertz CT molecular complexity index is 1130. The number of rotatable bonds is 14. The summed E-state index contributed by atoms with van der Waals surface area (Å²) in [6.45, 7) is 2.18. The van der Waals surface area contributed by atoms with Crippen LogP contribution in [0.3, 0.4) is 0 Å². The Morgan fingerprint density at radius 1 is 1.07 bits per heavy atom. The first kappa shape index (κ1) is 31.7. The number of hydrogen-bond donors (Lipinski definition) is 7. The van der Waals surface area contributed by atoms with Gasteiger partial charge in [-0.25, -0.2) is 4.79 Å². The van der Waals surface area contributed by atoms with E-state index in [0.29, 0.717) is 0 Å². The number of amides is 1. The number of allylic oxidation sites excluding steroid dienone is 1. The summed E-state index contributed by atoms with van der Waals surface area (Å²) in [5.41, 5.74) is -1.58. The Morgan fingerprint density at radius 3 is 2.48 bits per heavy atom. The van der Waals surface area contributed by atoms with Crippen molar-refractivity contribution in [1.82, 2.24) is 14.9 Å². The van der Waals surface area contributed by atoms with Crippen molar-refractivity contribution in [2.45, 2.75) is 114 Å². The van der Waals surface area contributed by atoms with Gasteiger partial charge in [0.1, 0.15) is 42.9 Å². The summed E-state index contributed by atoms with van der Waals surface area (Å²) >= 11 is 0. The van der Waals surface area contributed by atoms with Crippen LogP contribution in [0.1, 0.15) is 70.9 Å². The number of unbranched alkanes of at least 4 members (excludes halogenated alkanes) is 7. The fraction of sp³-hybridized carbons (Fsp3) is 0.667. The van der Waals surface area contributed by atoms with Gasteiger partial charge in [-0.2, -0.15) is 0 Å². The molecule has 3 heterocycles. The normalized spacial score (nSPS) is 29.2. The Labute approximate surface area is 231 Å². The number of carbonyl (C=O) groups is 1. The molecule has 1 saturated heterocycles. The summed E-state index contributed by atoms with van der Waals surface area (Å²) < 4.78 is 11.8. The number of H-pyrrole nitrogens is 1. The summed E-state index contributed by atoms with van der Waals surface area (Å²) in [6.07, 6.45) is 2.26. The van der Waals surface area contributed by atoms with Gasteiger partial charge in [0.2, 0.25) is 5.91 Å². The molecule has 0 saturated carbocycles. The lowest BCUT2D eigenvalue weighted by molar-refractivity contribution is -0.125. The summed E-state index contributed by atoms with van der Waals surface area (Å²) in [5.74, 6) is -0.484. The molecule has 13 nitrogen and oxygen atoms in total. The van der Waals surface area contributed by atoms with Crippen molar-refractivity contribution in [2.75, 3.05) is 0 Å². The standard InChI is InChI=1S/C27H41N3O10/c1-2-3-4-5-6-7-8-9-10-11-19(32)28-16-15-39-18(22(35)21(16)34)14-17(31)25-23(36)24(37)26(40-25)30-13-12-20(33)29-27(30)38/h10-13,15,17-18,21-26,31,34-37H,2-9,14H2,1H3,(H,28,32)(H,29,33,38). The first-order valence-electron chi connectivity index (χ1n) is 13.8. The van der Waals surface area contributed by atoms with Gasteiger partial charge >= 0.3 is 5.69 Å². The molecular weight excluding hydrogens is 526 g/mol. The van der Waals surface area contributed by atoms with Crippen molar-refractivity contribution in [3.63, 3.8) is 0 Å². The highest BCUT2D eigenvalue weighted by Gasteiger charge is 2.48. The maximum absolute atomic E-state index is 12.2. The lowest BCUT2D eigenvalue weighted by Crippen LogP contribution is -2.49. The summed E-state index contributed by atoms with van der Waals surface area (Å²) in [6, 6.07) is 1.04. The molecule has 7 N–H and O–H groups in total. The minimum atomic E-state index is -1.61. The molecule has 1 aromatic heterocycles. The van der Waals surface area contributed by atoms with E-state index in [1.165, 1.54) is 38.2 Å². The number of ether oxygens (including phenoxy) is 2. The maximum Gasteiger partial charge on any atom is 0.330 e. The zero-order valence-corrected chi connectivity index (χ0v) is 22.6. The van der Waals surface area contributed by atoms with Gasteiger partial charge in [0.25, 0.3) is 5.56 Å². The first-order chi connectivity index (χ1) is 19.1. The van der Waals surface area contributed by atoms with Gasteiger partial charge in [-0.3, -0.25) is 19.1 Å². The second-order valence-corrected chi connectivity index (χ2v) is 10.3. The quantitative estimate of drug-likeness (QED) is 0.115. The predicted octanol–water partition coefficient (Wildman–Crippen LogP) is -0.318. The van der Waals surface area contributed by atoms with E-state index in [1.54, 1.807) is 6.08 Å². The van der Waals surface area contributed by atoms with Gasteiger partial charge < -0.3 is 40.3 Å². The van der Waals surface area contributed by atoms with Crippen LogP contribution in [-0.4, -0.2) is 83.7 Å². The first-order valence-corrected chi connectivity index (χ1v) is 13.8. The van der Waals surface area contributed by atoms with Crippen molar-refractivity contribution >= 4 is 5.91 Å². The number of aliphatic hydroxyl groups is 5. The average molecular weight is 568 g/mol. The third-order valence-electron chi connectivity index (χ3n) is 7.16. The molecule has 0 radical (unpaired) electrons. The molecule has 0 aromatic carbocycles. The van der Waals surface area contributed by atoms with Crippen LogP contribution < -0.4 is 16.6 Å². The van der Waals surface area contributed by atoms with Crippen LogP contribution in [0, 0.1) is 0 Å². The molecule has 0 spiro atoms. The summed E-state index contributed by atoms with van der Waals surface area (Å²) in [5, 5.41) is 55.0. The Balaban J connectivity index is 1.48. The number of hydrogen-bond acceptors (Lipinski definition) is 10. The molecular formula is C27H41N3O10. The van der Waals surface area contributed by atoms with Crippen molar-refractivity contribution in [3.8, 4) is 0 Å². The van der Waals surface area contributed by atoms with Crippen LogP contribution in [0.5, 0.6) is 0 Å². The van der Waals surface area contributed by atoms with Crippen LogP contribution in [0.2, 0.25) is 0 Å². The highest BCUT2D eigenvalue weighted by molar-refractivity contribution is 5.88. The van der Waals surface area contributed by atoms with Gasteiger partial charge in [-0.05, 0) is 18.9 Å². The Kier molecular flexibility index (Phi) is 12.1. The third-order valence-corrected chi connectivity index (χ3v) is 7.16. The fourth-order valence-electron chi connectivity index (χ4n) is 4.82. The summed E-state index contributed by atoms with van der Waals surface area (Å²) in [7, 11) is 0. The second kappa shape index (κ2) is 15.3. The van der Waals surface area contributed by atoms with Gasteiger partial charge in [-0.1, -0.05) is 51.5 Å². The molecule has 1 amide bonds. The lowest BCUT2D eigenvalue weighted by Gasteiger charge is -2.34. The van der Waals surface area contributed by atoms with Crippen molar-refractivity contribution < 1.29 is 39.8 Å². The lowest BCUT2D eigenvalue weighted by atomic mass is 9.94. The van der Waals surface area contributed by atoms with E-state index in [9.17, 15) is 39.9 Å². The molecule has 8 atom stereocenters. The molecule has 0 aliphatic carbocycles. The molecule has 1 fully saturated rings. The van der Waals surface area contributed by atoms with Gasteiger partial charge in [-0.15, -0.1) is 0 Å². The van der Waals surface area contributed by atoms with Crippen LogP contribution in [-0.2, 0) is 14.3 Å². The second-order valence-electron chi connectivity index (χ2n) is 10.3. The smallest absolute Gasteiger partial charge is 0.330 e. The number of aliphatic hydroxyl groups excluding tert-OH is 5. The van der Waals surface area contributed by atoms with E-state index in [0.717, 1.165) is 42.4 Å². The monoisotopic (exact) mass is 567 g/mol. The molecule has 3 rings (SSSR count). The zero-order valence-electron chi connectivity index (χ0n) is 22.6. The summed E-state index contributed by atoms with van der Waals surface area (Å²) in [4.78, 5) is 37.6.